The summed E-state index contributed by atoms with van der Waals surface area (Å²) in [7, 11) is 0. The molecular weight excluding hydrogens is 198 g/mol. The average molecular weight is 209 g/mol. The van der Waals surface area contributed by atoms with Gasteiger partial charge in [0.15, 0.2) is 0 Å². The first kappa shape index (κ1) is 10.8. The van der Waals surface area contributed by atoms with Crippen LogP contribution in [0.2, 0.25) is 0 Å². The summed E-state index contributed by atoms with van der Waals surface area (Å²) in [6.07, 6.45) is 3.66. The summed E-state index contributed by atoms with van der Waals surface area (Å²) in [5.41, 5.74) is 1.67. The van der Waals surface area contributed by atoms with E-state index in [1.165, 1.54) is 0 Å². The van der Waals surface area contributed by atoms with Crippen molar-refractivity contribution in [2.45, 2.75) is 6.92 Å². The van der Waals surface area contributed by atoms with E-state index in [4.69, 9.17) is 0 Å². The molecule has 0 aromatic heterocycles. The monoisotopic (exact) mass is 209 g/mol. The van der Waals surface area contributed by atoms with Gasteiger partial charge >= 0.3 is 0 Å². The van der Waals surface area contributed by atoms with E-state index in [2.05, 4.69) is 12.6 Å². The molecule has 0 saturated carbocycles. The molecule has 0 radical (unpaired) electrons. The number of nitrogens with zero attached hydrogens (tertiary/aromatic N) is 1. The van der Waals surface area contributed by atoms with Gasteiger partial charge in [0.05, 0.1) is 4.92 Å². The SMILES string of the molecule is Cc1ccc(C=CCS)cc1[N+](=O)[O-]. The van der Waals surface area contributed by atoms with E-state index in [-0.39, 0.29) is 10.6 Å². The Balaban J connectivity index is 3.06. The Morgan fingerprint density at radius 3 is 2.86 bits per heavy atom. The largest absolute Gasteiger partial charge is 0.272 e. The molecule has 3 nitrogen and oxygen atoms in total. The fraction of sp³-hybridized carbons (Fsp3) is 0.200. The summed E-state index contributed by atoms with van der Waals surface area (Å²) in [6.45, 7) is 1.73. The fourth-order valence-corrected chi connectivity index (χ4v) is 1.22. The molecular formula is C10H11NO2S. The minimum atomic E-state index is -0.368. The third-order valence-electron chi connectivity index (χ3n) is 1.85. The van der Waals surface area contributed by atoms with Crippen LogP contribution in [-0.2, 0) is 0 Å². The Kier molecular flexibility index (Phi) is 3.71. The molecule has 4 heteroatoms. The highest BCUT2D eigenvalue weighted by atomic mass is 32.1. The molecule has 0 saturated heterocycles. The average Bonchev–Trinajstić information content (AvgIpc) is 2.16. The highest BCUT2D eigenvalue weighted by molar-refractivity contribution is 7.80. The first-order valence-corrected chi connectivity index (χ1v) is 4.81. The minimum Gasteiger partial charge on any atom is -0.258 e. The molecule has 0 unspecified atom stereocenters. The highest BCUT2D eigenvalue weighted by Crippen LogP contribution is 2.19. The molecule has 0 fully saturated rings. The van der Waals surface area contributed by atoms with E-state index < -0.39 is 0 Å². The van der Waals surface area contributed by atoms with Gasteiger partial charge in [-0.25, -0.2) is 0 Å². The molecule has 0 heterocycles. The molecule has 0 aliphatic carbocycles. The maximum Gasteiger partial charge on any atom is 0.272 e. The van der Waals surface area contributed by atoms with Crippen molar-refractivity contribution in [2.75, 3.05) is 5.75 Å². The Morgan fingerprint density at radius 1 is 1.57 bits per heavy atom. The van der Waals surface area contributed by atoms with Gasteiger partial charge in [0.25, 0.3) is 5.69 Å². The third kappa shape index (κ3) is 2.60. The maximum absolute atomic E-state index is 10.6. The molecule has 0 aliphatic rings. The Bertz CT molecular complexity index is 374. The van der Waals surface area contributed by atoms with Crippen molar-refractivity contribution in [3.05, 3.63) is 45.5 Å². The van der Waals surface area contributed by atoms with Gasteiger partial charge in [-0.15, -0.1) is 0 Å². The van der Waals surface area contributed by atoms with Crippen LogP contribution in [-0.4, -0.2) is 10.7 Å². The van der Waals surface area contributed by atoms with Crippen LogP contribution in [0.25, 0.3) is 6.08 Å². The summed E-state index contributed by atoms with van der Waals surface area (Å²) in [6, 6.07) is 5.16. The molecule has 1 aromatic carbocycles. The summed E-state index contributed by atoms with van der Waals surface area (Å²) in [4.78, 5) is 10.2. The van der Waals surface area contributed by atoms with Crippen LogP contribution in [0.1, 0.15) is 11.1 Å². The molecule has 0 spiro atoms. The van der Waals surface area contributed by atoms with Crippen LogP contribution in [0.5, 0.6) is 0 Å². The second kappa shape index (κ2) is 4.81. The summed E-state index contributed by atoms with van der Waals surface area (Å²) in [5, 5.41) is 10.6. The number of aryl methyl sites for hydroxylation is 1. The Labute approximate surface area is 88.0 Å². The van der Waals surface area contributed by atoms with Gasteiger partial charge < -0.3 is 0 Å². The van der Waals surface area contributed by atoms with Gasteiger partial charge in [0.1, 0.15) is 0 Å². The van der Waals surface area contributed by atoms with Crippen molar-refractivity contribution in [3.8, 4) is 0 Å². The predicted octanol–water partition coefficient (Wildman–Crippen LogP) is 2.85. The summed E-state index contributed by atoms with van der Waals surface area (Å²) >= 11 is 4.02. The van der Waals surface area contributed by atoms with Gasteiger partial charge in [0, 0.05) is 17.4 Å². The second-order valence-electron chi connectivity index (χ2n) is 2.89. The number of hydrogen-bond donors (Lipinski definition) is 1. The third-order valence-corrected chi connectivity index (χ3v) is 2.06. The zero-order chi connectivity index (χ0) is 10.6. The van der Waals surface area contributed by atoms with Crippen molar-refractivity contribution in [1.29, 1.82) is 0 Å². The number of rotatable bonds is 3. The predicted molar refractivity (Wildman–Crippen MR) is 60.7 cm³/mol. The molecule has 0 N–H and O–H groups in total. The molecule has 1 aromatic rings. The van der Waals surface area contributed by atoms with Crippen molar-refractivity contribution >= 4 is 24.4 Å². The number of nitro groups is 1. The molecule has 0 amide bonds. The first-order valence-electron chi connectivity index (χ1n) is 4.17. The number of hydrogen-bond acceptors (Lipinski definition) is 3. The lowest BCUT2D eigenvalue weighted by Gasteiger charge is -1.98. The zero-order valence-electron chi connectivity index (χ0n) is 7.80. The van der Waals surface area contributed by atoms with Gasteiger partial charge in [-0.05, 0) is 12.5 Å². The number of benzene rings is 1. The van der Waals surface area contributed by atoms with E-state index in [1.807, 2.05) is 18.2 Å². The molecule has 0 atom stereocenters. The first-order chi connectivity index (χ1) is 6.65. The highest BCUT2D eigenvalue weighted by Gasteiger charge is 2.09. The van der Waals surface area contributed by atoms with Crippen LogP contribution >= 0.6 is 12.6 Å². The lowest BCUT2D eigenvalue weighted by molar-refractivity contribution is -0.385. The summed E-state index contributed by atoms with van der Waals surface area (Å²) in [5.74, 6) is 0.627. The molecule has 1 rings (SSSR count). The lowest BCUT2D eigenvalue weighted by Crippen LogP contribution is -1.91. The van der Waals surface area contributed by atoms with Crippen molar-refractivity contribution in [2.24, 2.45) is 0 Å². The van der Waals surface area contributed by atoms with Gasteiger partial charge in [-0.2, -0.15) is 12.6 Å². The van der Waals surface area contributed by atoms with Gasteiger partial charge in [-0.3, -0.25) is 10.1 Å². The van der Waals surface area contributed by atoms with Crippen molar-refractivity contribution < 1.29 is 4.92 Å². The van der Waals surface area contributed by atoms with E-state index in [0.717, 1.165) is 5.56 Å². The zero-order valence-corrected chi connectivity index (χ0v) is 8.70. The van der Waals surface area contributed by atoms with Crippen LogP contribution < -0.4 is 0 Å². The topological polar surface area (TPSA) is 43.1 Å². The molecule has 0 bridgehead atoms. The summed E-state index contributed by atoms with van der Waals surface area (Å²) < 4.78 is 0. The van der Waals surface area contributed by atoms with Crippen LogP contribution in [0.3, 0.4) is 0 Å². The van der Waals surface area contributed by atoms with E-state index in [9.17, 15) is 10.1 Å². The Morgan fingerprint density at radius 2 is 2.29 bits per heavy atom. The van der Waals surface area contributed by atoms with Gasteiger partial charge in [0.2, 0.25) is 0 Å². The van der Waals surface area contributed by atoms with Crippen LogP contribution in [0.15, 0.2) is 24.3 Å². The van der Waals surface area contributed by atoms with Crippen LogP contribution in [0.4, 0.5) is 5.69 Å². The fourth-order valence-electron chi connectivity index (χ4n) is 1.12. The minimum absolute atomic E-state index is 0.159. The molecule has 0 aliphatic heterocycles. The number of thiol groups is 1. The van der Waals surface area contributed by atoms with E-state index in [1.54, 1.807) is 19.1 Å². The maximum atomic E-state index is 10.6. The van der Waals surface area contributed by atoms with Crippen LogP contribution in [0, 0.1) is 17.0 Å². The quantitative estimate of drug-likeness (QED) is 0.472. The van der Waals surface area contributed by atoms with E-state index >= 15 is 0 Å². The normalized spacial score (nSPS) is 10.7. The van der Waals surface area contributed by atoms with Gasteiger partial charge in [-0.1, -0.05) is 24.3 Å². The molecule has 14 heavy (non-hydrogen) atoms. The standard InChI is InChI=1S/C10H11NO2S/c1-8-4-5-9(3-2-6-14)7-10(8)11(12)13/h2-5,7,14H,6H2,1H3. The lowest BCUT2D eigenvalue weighted by atomic mass is 10.1. The smallest absolute Gasteiger partial charge is 0.258 e. The Hall–Kier alpha value is -1.29. The second-order valence-corrected chi connectivity index (χ2v) is 3.25. The number of nitro benzene ring substituents is 1. The van der Waals surface area contributed by atoms with Crippen molar-refractivity contribution in [3.63, 3.8) is 0 Å². The molecule has 74 valence electrons. The van der Waals surface area contributed by atoms with E-state index in [0.29, 0.717) is 11.3 Å². The van der Waals surface area contributed by atoms with Crippen molar-refractivity contribution in [1.82, 2.24) is 0 Å².